The summed E-state index contributed by atoms with van der Waals surface area (Å²) in [6.45, 7) is 0.268. The van der Waals surface area contributed by atoms with E-state index in [9.17, 15) is 5.11 Å². The first-order valence-electron chi connectivity index (χ1n) is 5.98. The number of para-hydroxylation sites is 1. The lowest BCUT2D eigenvalue weighted by atomic mass is 10.3. The van der Waals surface area contributed by atoms with Gasteiger partial charge in [0, 0.05) is 5.33 Å². The molecule has 1 N–H and O–H groups in total. The molecule has 0 fully saturated rings. The number of aliphatic hydroxyl groups is 1. The summed E-state index contributed by atoms with van der Waals surface area (Å²) in [4.78, 5) is 0. The zero-order valence-corrected chi connectivity index (χ0v) is 11.9. The van der Waals surface area contributed by atoms with Crippen LogP contribution in [-0.4, -0.2) is 23.1 Å². The maximum Gasteiger partial charge on any atom is 0.127 e. The normalized spacial score (nSPS) is 11.9. The summed E-state index contributed by atoms with van der Waals surface area (Å²) >= 11 is 3.19. The van der Waals surface area contributed by atoms with E-state index in [4.69, 9.17) is 9.47 Å². The number of rotatable bonds is 6. The summed E-state index contributed by atoms with van der Waals surface area (Å²) in [6, 6.07) is 16.9. The Bertz CT molecular complexity index is 485. The van der Waals surface area contributed by atoms with E-state index in [0.717, 1.165) is 11.5 Å². The average molecular weight is 323 g/mol. The van der Waals surface area contributed by atoms with E-state index < -0.39 is 6.10 Å². The van der Waals surface area contributed by atoms with Crippen LogP contribution in [0.3, 0.4) is 0 Å². The van der Waals surface area contributed by atoms with Crippen LogP contribution in [0.15, 0.2) is 54.6 Å². The van der Waals surface area contributed by atoms with Gasteiger partial charge in [-0.3, -0.25) is 0 Å². The van der Waals surface area contributed by atoms with Gasteiger partial charge >= 0.3 is 0 Å². The monoisotopic (exact) mass is 322 g/mol. The molecule has 0 amide bonds. The van der Waals surface area contributed by atoms with Crippen molar-refractivity contribution in [3.05, 3.63) is 54.6 Å². The van der Waals surface area contributed by atoms with Crippen LogP contribution in [0.2, 0.25) is 0 Å². The molecule has 2 aromatic rings. The zero-order chi connectivity index (χ0) is 13.5. The van der Waals surface area contributed by atoms with Crippen LogP contribution < -0.4 is 9.47 Å². The van der Waals surface area contributed by atoms with Crippen molar-refractivity contribution in [1.82, 2.24) is 0 Å². The average Bonchev–Trinajstić information content (AvgIpc) is 2.47. The molecule has 0 bridgehead atoms. The molecule has 4 heteroatoms. The predicted molar refractivity (Wildman–Crippen MR) is 78.3 cm³/mol. The van der Waals surface area contributed by atoms with Gasteiger partial charge in [0.1, 0.15) is 23.9 Å². The van der Waals surface area contributed by atoms with Gasteiger partial charge in [-0.25, -0.2) is 0 Å². The maximum absolute atomic E-state index is 9.37. The minimum Gasteiger partial charge on any atom is -0.491 e. The summed E-state index contributed by atoms with van der Waals surface area (Å²) in [5.41, 5.74) is 0. The number of alkyl halides is 1. The minimum absolute atomic E-state index is 0.268. The summed E-state index contributed by atoms with van der Waals surface area (Å²) in [6.07, 6.45) is -0.500. The quantitative estimate of drug-likeness (QED) is 0.826. The SMILES string of the molecule is O[C@@H](CBr)COc1ccc(Oc2ccccc2)cc1. The van der Waals surface area contributed by atoms with Crippen molar-refractivity contribution in [2.24, 2.45) is 0 Å². The van der Waals surface area contributed by atoms with Crippen molar-refractivity contribution in [3.8, 4) is 17.2 Å². The van der Waals surface area contributed by atoms with Crippen molar-refractivity contribution in [2.75, 3.05) is 11.9 Å². The Hall–Kier alpha value is -1.52. The summed E-state index contributed by atoms with van der Waals surface area (Å²) in [7, 11) is 0. The van der Waals surface area contributed by atoms with Crippen molar-refractivity contribution in [2.45, 2.75) is 6.10 Å². The lowest BCUT2D eigenvalue weighted by molar-refractivity contribution is 0.127. The van der Waals surface area contributed by atoms with Crippen LogP contribution >= 0.6 is 15.9 Å². The minimum atomic E-state index is -0.500. The molecule has 19 heavy (non-hydrogen) atoms. The number of hydrogen-bond donors (Lipinski definition) is 1. The highest BCUT2D eigenvalue weighted by atomic mass is 79.9. The summed E-state index contributed by atoms with van der Waals surface area (Å²) in [5, 5.41) is 9.87. The molecule has 1 atom stereocenters. The lowest BCUT2D eigenvalue weighted by Crippen LogP contribution is -2.18. The summed E-state index contributed by atoms with van der Waals surface area (Å²) in [5.74, 6) is 2.26. The van der Waals surface area contributed by atoms with E-state index in [0.29, 0.717) is 11.1 Å². The standard InChI is InChI=1S/C15H15BrO3/c16-10-12(17)11-18-13-6-8-15(9-7-13)19-14-4-2-1-3-5-14/h1-9,12,17H,10-11H2/t12-/m0/s1. The maximum atomic E-state index is 9.37. The van der Waals surface area contributed by atoms with Crippen molar-refractivity contribution < 1.29 is 14.6 Å². The fraction of sp³-hybridized carbons (Fsp3) is 0.200. The number of ether oxygens (including phenoxy) is 2. The van der Waals surface area contributed by atoms with Crippen LogP contribution in [0.25, 0.3) is 0 Å². The van der Waals surface area contributed by atoms with Gasteiger partial charge in [-0.1, -0.05) is 34.1 Å². The van der Waals surface area contributed by atoms with E-state index in [2.05, 4.69) is 15.9 Å². The van der Waals surface area contributed by atoms with Crippen molar-refractivity contribution in [3.63, 3.8) is 0 Å². The first kappa shape index (κ1) is 13.9. The van der Waals surface area contributed by atoms with E-state index in [1.165, 1.54) is 0 Å². The summed E-state index contributed by atoms with van der Waals surface area (Å²) < 4.78 is 11.1. The molecule has 100 valence electrons. The number of hydrogen-bond acceptors (Lipinski definition) is 3. The molecule has 2 rings (SSSR count). The largest absolute Gasteiger partial charge is 0.491 e. The van der Waals surface area contributed by atoms with Gasteiger partial charge < -0.3 is 14.6 Å². The van der Waals surface area contributed by atoms with Crippen LogP contribution in [0, 0.1) is 0 Å². The molecule has 2 aromatic carbocycles. The van der Waals surface area contributed by atoms with Gasteiger partial charge in [0.25, 0.3) is 0 Å². The second-order valence-electron chi connectivity index (χ2n) is 4.01. The van der Waals surface area contributed by atoms with Gasteiger partial charge in [-0.05, 0) is 36.4 Å². The molecule has 0 unspecified atom stereocenters. The van der Waals surface area contributed by atoms with Crippen LogP contribution in [0.4, 0.5) is 0 Å². The van der Waals surface area contributed by atoms with E-state index >= 15 is 0 Å². The second-order valence-corrected chi connectivity index (χ2v) is 4.65. The molecule has 0 radical (unpaired) electrons. The highest BCUT2D eigenvalue weighted by Gasteiger charge is 2.03. The smallest absolute Gasteiger partial charge is 0.127 e. The second kappa shape index (κ2) is 7.16. The molecule has 3 nitrogen and oxygen atoms in total. The molecule has 0 aliphatic rings. The van der Waals surface area contributed by atoms with Gasteiger partial charge in [-0.2, -0.15) is 0 Å². The Balaban J connectivity index is 1.91. The van der Waals surface area contributed by atoms with Crippen LogP contribution in [-0.2, 0) is 0 Å². The topological polar surface area (TPSA) is 38.7 Å². The first-order chi connectivity index (χ1) is 9.28. The van der Waals surface area contributed by atoms with E-state index in [1.54, 1.807) is 0 Å². The molecule has 0 saturated carbocycles. The lowest BCUT2D eigenvalue weighted by Gasteiger charge is -2.10. The highest BCUT2D eigenvalue weighted by molar-refractivity contribution is 9.09. The molecular formula is C15H15BrO3. The fourth-order valence-corrected chi connectivity index (χ4v) is 1.65. The number of halogens is 1. The highest BCUT2D eigenvalue weighted by Crippen LogP contribution is 2.23. The Morgan fingerprint density at radius 3 is 2.11 bits per heavy atom. The first-order valence-corrected chi connectivity index (χ1v) is 7.10. The molecule has 0 aromatic heterocycles. The van der Waals surface area contributed by atoms with Crippen LogP contribution in [0.1, 0.15) is 0 Å². The van der Waals surface area contributed by atoms with Gasteiger partial charge in [0.2, 0.25) is 0 Å². The Kier molecular flexibility index (Phi) is 5.24. The number of aliphatic hydroxyl groups excluding tert-OH is 1. The van der Waals surface area contributed by atoms with Crippen molar-refractivity contribution in [1.29, 1.82) is 0 Å². The molecule has 0 aliphatic heterocycles. The Morgan fingerprint density at radius 2 is 1.47 bits per heavy atom. The molecular weight excluding hydrogens is 308 g/mol. The van der Waals surface area contributed by atoms with Crippen molar-refractivity contribution >= 4 is 15.9 Å². The van der Waals surface area contributed by atoms with Crippen LogP contribution in [0.5, 0.6) is 17.2 Å². The van der Waals surface area contributed by atoms with E-state index in [1.807, 2.05) is 54.6 Å². The zero-order valence-electron chi connectivity index (χ0n) is 10.3. The van der Waals surface area contributed by atoms with E-state index in [-0.39, 0.29) is 6.61 Å². The van der Waals surface area contributed by atoms with Gasteiger partial charge in [0.05, 0.1) is 6.10 Å². The molecule has 0 heterocycles. The Morgan fingerprint density at radius 1 is 0.895 bits per heavy atom. The predicted octanol–water partition coefficient (Wildman–Crippen LogP) is 3.61. The molecule has 0 spiro atoms. The van der Waals surface area contributed by atoms with Gasteiger partial charge in [-0.15, -0.1) is 0 Å². The molecule has 0 saturated heterocycles. The fourth-order valence-electron chi connectivity index (χ4n) is 1.47. The van der Waals surface area contributed by atoms with Gasteiger partial charge in [0.15, 0.2) is 0 Å². The molecule has 0 aliphatic carbocycles. The third-order valence-corrected chi connectivity index (χ3v) is 3.17. The third-order valence-electron chi connectivity index (χ3n) is 2.42. The Labute approximate surface area is 120 Å². The number of benzene rings is 2. The third kappa shape index (κ3) is 4.58.